The zero-order chi connectivity index (χ0) is 13.7. The summed E-state index contributed by atoms with van der Waals surface area (Å²) < 4.78 is 0. The Morgan fingerprint density at radius 1 is 1.17 bits per heavy atom. The van der Waals surface area contributed by atoms with Crippen LogP contribution in [0.5, 0.6) is 0 Å². The number of aliphatic hydroxyl groups is 1. The van der Waals surface area contributed by atoms with Crippen molar-refractivity contribution in [3.8, 4) is 0 Å². The first-order valence-electron chi connectivity index (χ1n) is 7.59. The molecule has 18 heavy (non-hydrogen) atoms. The minimum absolute atomic E-state index is 0.136. The molecule has 0 aromatic rings. The maximum absolute atomic E-state index is 10.3. The molecule has 1 rings (SSSR count). The van der Waals surface area contributed by atoms with Gasteiger partial charge in [0.2, 0.25) is 0 Å². The van der Waals surface area contributed by atoms with Gasteiger partial charge in [-0.15, -0.1) is 0 Å². The van der Waals surface area contributed by atoms with Crippen LogP contribution in [-0.4, -0.2) is 24.0 Å². The van der Waals surface area contributed by atoms with E-state index in [1.807, 2.05) is 0 Å². The summed E-state index contributed by atoms with van der Waals surface area (Å²) in [5.41, 5.74) is 0. The van der Waals surface area contributed by atoms with E-state index in [4.69, 9.17) is 0 Å². The summed E-state index contributed by atoms with van der Waals surface area (Å²) in [5.74, 6) is 2.62. The highest BCUT2D eigenvalue weighted by Crippen LogP contribution is 2.36. The van der Waals surface area contributed by atoms with Gasteiger partial charge in [0, 0.05) is 0 Å². The van der Waals surface area contributed by atoms with Crippen LogP contribution in [-0.2, 0) is 0 Å². The van der Waals surface area contributed by atoms with E-state index in [-0.39, 0.29) is 6.10 Å². The van der Waals surface area contributed by atoms with Crippen LogP contribution < -0.4 is 0 Å². The second kappa shape index (κ2) is 7.28. The van der Waals surface area contributed by atoms with E-state index in [0.29, 0.717) is 17.9 Å². The highest BCUT2D eigenvalue weighted by molar-refractivity contribution is 5.24. The van der Waals surface area contributed by atoms with Gasteiger partial charge in [-0.1, -0.05) is 34.1 Å². The number of aliphatic hydroxyl groups excluding tert-OH is 1. The van der Waals surface area contributed by atoms with Crippen LogP contribution in [0.3, 0.4) is 0 Å². The molecule has 2 nitrogen and oxygen atoms in total. The van der Waals surface area contributed by atoms with E-state index in [1.54, 1.807) is 0 Å². The molecular formula is C16H31NO. The first kappa shape index (κ1) is 15.7. The highest BCUT2D eigenvalue weighted by Gasteiger charge is 2.29. The van der Waals surface area contributed by atoms with Gasteiger partial charge in [0.15, 0.2) is 0 Å². The van der Waals surface area contributed by atoms with Gasteiger partial charge in [-0.2, -0.15) is 0 Å². The van der Waals surface area contributed by atoms with E-state index in [1.165, 1.54) is 19.3 Å². The monoisotopic (exact) mass is 253 g/mol. The molecule has 2 heteroatoms. The standard InChI is InChI=1S/C16H31NO/c1-11(2)15(17-5)8-9-16(18)14-7-6-12(3)13(4)10-14/h11-16,18H,5-10H2,1-4H3/t12?,13?,14?,15?,16-/m1/s1. The van der Waals surface area contributed by atoms with Crippen molar-refractivity contribution < 1.29 is 5.11 Å². The van der Waals surface area contributed by atoms with Gasteiger partial charge < -0.3 is 5.11 Å². The molecule has 1 aliphatic carbocycles. The lowest BCUT2D eigenvalue weighted by Gasteiger charge is -2.35. The third-order valence-electron chi connectivity index (χ3n) is 4.95. The molecule has 0 bridgehead atoms. The molecule has 0 saturated heterocycles. The number of aliphatic imine (C=N–C) groups is 1. The predicted molar refractivity (Wildman–Crippen MR) is 79.1 cm³/mol. The zero-order valence-corrected chi connectivity index (χ0v) is 12.6. The van der Waals surface area contributed by atoms with Crippen LogP contribution >= 0.6 is 0 Å². The fourth-order valence-electron chi connectivity index (χ4n) is 3.15. The average Bonchev–Trinajstić information content (AvgIpc) is 2.32. The molecule has 1 aliphatic rings. The minimum atomic E-state index is -0.136. The summed E-state index contributed by atoms with van der Waals surface area (Å²) in [4.78, 5) is 4.17. The van der Waals surface area contributed by atoms with Gasteiger partial charge in [0.25, 0.3) is 0 Å². The van der Waals surface area contributed by atoms with Crippen LogP contribution in [0, 0.1) is 23.7 Å². The van der Waals surface area contributed by atoms with Crippen molar-refractivity contribution in [1.29, 1.82) is 0 Å². The Morgan fingerprint density at radius 3 is 2.33 bits per heavy atom. The molecule has 0 spiro atoms. The van der Waals surface area contributed by atoms with Crippen molar-refractivity contribution in [2.75, 3.05) is 0 Å². The molecule has 5 atom stereocenters. The van der Waals surface area contributed by atoms with E-state index in [2.05, 4.69) is 39.4 Å². The molecule has 0 heterocycles. The first-order chi connectivity index (χ1) is 8.45. The summed E-state index contributed by atoms with van der Waals surface area (Å²) in [6.07, 6.45) is 5.38. The summed E-state index contributed by atoms with van der Waals surface area (Å²) in [5, 5.41) is 10.3. The molecule has 0 radical (unpaired) electrons. The smallest absolute Gasteiger partial charge is 0.0569 e. The maximum Gasteiger partial charge on any atom is 0.0569 e. The Balaban J connectivity index is 2.36. The van der Waals surface area contributed by atoms with Gasteiger partial charge >= 0.3 is 0 Å². The van der Waals surface area contributed by atoms with Gasteiger partial charge in [-0.05, 0) is 56.1 Å². The molecule has 0 aromatic carbocycles. The summed E-state index contributed by atoms with van der Waals surface area (Å²) >= 11 is 0. The third kappa shape index (κ3) is 4.38. The van der Waals surface area contributed by atoms with E-state index in [0.717, 1.165) is 24.7 Å². The SMILES string of the molecule is C=NC(CC[C@@H](O)C1CCC(C)C(C)C1)C(C)C. The lowest BCUT2D eigenvalue weighted by atomic mass is 9.73. The number of rotatable bonds is 6. The summed E-state index contributed by atoms with van der Waals surface area (Å²) in [7, 11) is 0. The molecule has 0 amide bonds. The Bertz CT molecular complexity index is 251. The van der Waals surface area contributed by atoms with Gasteiger partial charge in [-0.3, -0.25) is 4.99 Å². The number of hydrogen-bond donors (Lipinski definition) is 1. The van der Waals surface area contributed by atoms with Crippen LogP contribution in [0.1, 0.15) is 59.8 Å². The Labute approximate surface area is 113 Å². The highest BCUT2D eigenvalue weighted by atomic mass is 16.3. The van der Waals surface area contributed by atoms with Gasteiger partial charge in [-0.25, -0.2) is 0 Å². The third-order valence-corrected chi connectivity index (χ3v) is 4.95. The van der Waals surface area contributed by atoms with Crippen LogP contribution in [0.25, 0.3) is 0 Å². The van der Waals surface area contributed by atoms with Crippen LogP contribution in [0.15, 0.2) is 4.99 Å². The van der Waals surface area contributed by atoms with Crippen molar-refractivity contribution in [2.24, 2.45) is 28.7 Å². The molecule has 1 saturated carbocycles. The van der Waals surface area contributed by atoms with Gasteiger partial charge in [0.1, 0.15) is 0 Å². The fourth-order valence-corrected chi connectivity index (χ4v) is 3.15. The Morgan fingerprint density at radius 2 is 1.83 bits per heavy atom. The molecule has 4 unspecified atom stereocenters. The van der Waals surface area contributed by atoms with Crippen molar-refractivity contribution in [3.63, 3.8) is 0 Å². The molecule has 1 fully saturated rings. The lowest BCUT2D eigenvalue weighted by Crippen LogP contribution is -2.30. The minimum Gasteiger partial charge on any atom is -0.393 e. The molecule has 0 aliphatic heterocycles. The van der Waals surface area contributed by atoms with E-state index >= 15 is 0 Å². The lowest BCUT2D eigenvalue weighted by molar-refractivity contribution is 0.0473. The molecule has 106 valence electrons. The molecular weight excluding hydrogens is 222 g/mol. The topological polar surface area (TPSA) is 32.6 Å². The molecule has 1 N–H and O–H groups in total. The summed E-state index contributed by atoms with van der Waals surface area (Å²) in [6, 6.07) is 0.305. The number of nitrogens with zero attached hydrogens (tertiary/aromatic N) is 1. The quantitative estimate of drug-likeness (QED) is 0.715. The first-order valence-corrected chi connectivity index (χ1v) is 7.59. The zero-order valence-electron chi connectivity index (χ0n) is 12.6. The van der Waals surface area contributed by atoms with E-state index < -0.39 is 0 Å². The average molecular weight is 253 g/mol. The molecule has 0 aromatic heterocycles. The van der Waals surface area contributed by atoms with Crippen molar-refractivity contribution in [3.05, 3.63) is 0 Å². The van der Waals surface area contributed by atoms with Crippen molar-refractivity contribution >= 4 is 6.72 Å². The largest absolute Gasteiger partial charge is 0.393 e. The van der Waals surface area contributed by atoms with Crippen LogP contribution in [0.4, 0.5) is 0 Å². The second-order valence-corrected chi connectivity index (χ2v) is 6.67. The normalized spacial score (nSPS) is 32.2. The van der Waals surface area contributed by atoms with E-state index in [9.17, 15) is 5.11 Å². The Kier molecular flexibility index (Phi) is 6.34. The maximum atomic E-state index is 10.3. The van der Waals surface area contributed by atoms with Crippen LogP contribution in [0.2, 0.25) is 0 Å². The fraction of sp³-hybridized carbons (Fsp3) is 0.938. The van der Waals surface area contributed by atoms with Gasteiger partial charge in [0.05, 0.1) is 12.1 Å². The van der Waals surface area contributed by atoms with Crippen molar-refractivity contribution in [1.82, 2.24) is 0 Å². The number of hydrogen-bond acceptors (Lipinski definition) is 2. The predicted octanol–water partition coefficient (Wildman–Crippen LogP) is 3.93. The Hall–Kier alpha value is -0.370. The summed E-state index contributed by atoms with van der Waals surface area (Å²) in [6.45, 7) is 12.7. The van der Waals surface area contributed by atoms with Crippen molar-refractivity contribution in [2.45, 2.75) is 71.9 Å². The second-order valence-electron chi connectivity index (χ2n) is 6.67.